The summed E-state index contributed by atoms with van der Waals surface area (Å²) in [7, 11) is 0. The lowest BCUT2D eigenvalue weighted by atomic mass is 10.2. The molecular weight excluding hydrogens is 293 g/mol. The van der Waals surface area contributed by atoms with Crippen LogP contribution in [0.4, 0.5) is 10.1 Å². The molecule has 1 aliphatic heterocycles. The Morgan fingerprint density at radius 3 is 2.76 bits per heavy atom. The number of amides is 2. The highest BCUT2D eigenvalue weighted by Gasteiger charge is 2.18. The highest BCUT2D eigenvalue weighted by atomic mass is 32.2. The Morgan fingerprint density at radius 1 is 1.38 bits per heavy atom. The molecule has 0 aliphatic carbocycles. The van der Waals surface area contributed by atoms with Gasteiger partial charge >= 0.3 is 0 Å². The van der Waals surface area contributed by atoms with Crippen molar-refractivity contribution < 1.29 is 14.0 Å². The molecule has 1 aromatic carbocycles. The zero-order valence-electron chi connectivity index (χ0n) is 11.2. The number of para-hydroxylation sites is 1. The first-order valence-corrected chi connectivity index (χ1v) is 7.00. The number of hydrogen-bond acceptors (Lipinski definition) is 4. The minimum atomic E-state index is -0.508. The summed E-state index contributed by atoms with van der Waals surface area (Å²) in [4.78, 5) is 31.0. The molecule has 0 fully saturated rings. The monoisotopic (exact) mass is 305 g/mol. The quantitative estimate of drug-likeness (QED) is 0.872. The predicted octanol–water partition coefficient (Wildman–Crippen LogP) is 2.41. The Bertz CT molecular complexity index is 683. The summed E-state index contributed by atoms with van der Waals surface area (Å²) in [6, 6.07) is 5.87. The molecule has 7 heteroatoms. The molecule has 0 unspecified atom stereocenters. The Labute approximate surface area is 125 Å². The lowest BCUT2D eigenvalue weighted by Crippen LogP contribution is -2.19. The summed E-state index contributed by atoms with van der Waals surface area (Å²) in [5, 5.41) is 2.64. The van der Waals surface area contributed by atoms with Gasteiger partial charge in [0.05, 0.1) is 22.7 Å². The first kappa shape index (κ1) is 15.1. The van der Waals surface area contributed by atoms with E-state index in [4.69, 9.17) is 0 Å². The topological polar surface area (TPSA) is 70.9 Å². The third kappa shape index (κ3) is 3.85. The van der Waals surface area contributed by atoms with Gasteiger partial charge in [-0.25, -0.2) is 9.38 Å². The van der Waals surface area contributed by atoms with E-state index >= 15 is 0 Å². The first-order chi connectivity index (χ1) is 9.97. The Morgan fingerprint density at radius 2 is 2.10 bits per heavy atom. The van der Waals surface area contributed by atoms with Gasteiger partial charge in [0.1, 0.15) is 5.82 Å². The number of nitrogens with zero attached hydrogens (tertiary/aromatic N) is 2. The second-order valence-electron chi connectivity index (χ2n) is 4.19. The fraction of sp³-hybridized carbons (Fsp3) is 0.143. The van der Waals surface area contributed by atoms with Crippen LogP contribution in [0.25, 0.3) is 0 Å². The van der Waals surface area contributed by atoms with Crippen LogP contribution in [0.2, 0.25) is 0 Å². The Kier molecular flexibility index (Phi) is 4.64. The molecule has 1 aromatic rings. The van der Waals surface area contributed by atoms with E-state index in [-0.39, 0.29) is 22.2 Å². The standard InChI is InChI=1S/C14H12FN3O2S/c1-8-9(2)16-14(18-13(8)20)21-7-12(19)17-11-6-4-3-5-10(11)15/h3-6H,1,7H2,2H3,(H,17,19). The van der Waals surface area contributed by atoms with Gasteiger partial charge < -0.3 is 5.32 Å². The van der Waals surface area contributed by atoms with Gasteiger partial charge in [-0.15, -0.1) is 0 Å². The van der Waals surface area contributed by atoms with Gasteiger partial charge in [0, 0.05) is 0 Å². The number of rotatable bonds is 3. The summed E-state index contributed by atoms with van der Waals surface area (Å²) in [5.74, 6) is -1.40. The van der Waals surface area contributed by atoms with E-state index in [0.717, 1.165) is 11.8 Å². The zero-order valence-corrected chi connectivity index (χ0v) is 12.0. The van der Waals surface area contributed by atoms with Crippen LogP contribution >= 0.6 is 11.8 Å². The van der Waals surface area contributed by atoms with E-state index in [1.807, 2.05) is 0 Å². The number of halogens is 1. The maximum absolute atomic E-state index is 13.4. The predicted molar refractivity (Wildman–Crippen MR) is 82.2 cm³/mol. The zero-order chi connectivity index (χ0) is 15.4. The molecule has 2 amide bonds. The van der Waals surface area contributed by atoms with Crippen LogP contribution in [-0.2, 0) is 9.59 Å². The van der Waals surface area contributed by atoms with Crippen LogP contribution in [0.5, 0.6) is 0 Å². The second-order valence-corrected chi connectivity index (χ2v) is 5.13. The van der Waals surface area contributed by atoms with Gasteiger partial charge in [-0.2, -0.15) is 4.99 Å². The molecule has 0 saturated carbocycles. The maximum Gasteiger partial charge on any atom is 0.280 e. The molecule has 5 nitrogen and oxygen atoms in total. The van der Waals surface area contributed by atoms with Gasteiger partial charge in [0.15, 0.2) is 5.17 Å². The van der Waals surface area contributed by atoms with Crippen molar-refractivity contribution in [3.05, 3.63) is 42.2 Å². The first-order valence-electron chi connectivity index (χ1n) is 6.02. The average Bonchev–Trinajstić information content (AvgIpc) is 2.45. The lowest BCUT2D eigenvalue weighted by Gasteiger charge is -2.10. The van der Waals surface area contributed by atoms with Gasteiger partial charge in [-0.3, -0.25) is 9.59 Å². The van der Waals surface area contributed by atoms with Crippen LogP contribution in [0.1, 0.15) is 6.92 Å². The number of nitrogens with one attached hydrogen (secondary N) is 1. The molecule has 21 heavy (non-hydrogen) atoms. The molecule has 0 bridgehead atoms. The SMILES string of the molecule is C=C1C(=O)N=C(SCC(=O)Nc2ccccc2F)N=C1C. The Hall–Kier alpha value is -2.28. The largest absolute Gasteiger partial charge is 0.323 e. The minimum absolute atomic E-state index is 0.0241. The second kappa shape index (κ2) is 6.45. The van der Waals surface area contributed by atoms with Crippen molar-refractivity contribution in [1.82, 2.24) is 0 Å². The smallest absolute Gasteiger partial charge is 0.280 e. The third-order valence-electron chi connectivity index (χ3n) is 2.64. The van der Waals surface area contributed by atoms with Crippen molar-refractivity contribution in [3.8, 4) is 0 Å². The summed E-state index contributed by atoms with van der Waals surface area (Å²) in [6.45, 7) is 5.20. The number of hydrogen-bond donors (Lipinski definition) is 1. The van der Waals surface area contributed by atoms with E-state index in [1.54, 1.807) is 13.0 Å². The number of benzene rings is 1. The number of thioether (sulfide) groups is 1. The van der Waals surface area contributed by atoms with Crippen LogP contribution in [-0.4, -0.2) is 28.4 Å². The molecule has 0 aromatic heterocycles. The fourth-order valence-electron chi connectivity index (χ4n) is 1.49. The molecule has 0 spiro atoms. The molecule has 0 radical (unpaired) electrons. The van der Waals surface area contributed by atoms with Crippen molar-refractivity contribution in [2.24, 2.45) is 9.98 Å². The fourth-order valence-corrected chi connectivity index (χ4v) is 2.17. The van der Waals surface area contributed by atoms with E-state index < -0.39 is 17.6 Å². The number of aliphatic imine (C=N–C) groups is 2. The lowest BCUT2D eigenvalue weighted by molar-refractivity contribution is -0.114. The van der Waals surface area contributed by atoms with Crippen LogP contribution in [0.15, 0.2) is 46.4 Å². The highest BCUT2D eigenvalue weighted by Crippen LogP contribution is 2.16. The van der Waals surface area contributed by atoms with Gasteiger partial charge in [-0.05, 0) is 19.1 Å². The molecule has 1 aliphatic rings. The number of carbonyl (C=O) groups is 2. The summed E-state index contributed by atoms with van der Waals surface area (Å²) < 4.78 is 13.4. The third-order valence-corrected chi connectivity index (χ3v) is 3.48. The van der Waals surface area contributed by atoms with Crippen molar-refractivity contribution in [2.75, 3.05) is 11.1 Å². The molecule has 2 rings (SSSR count). The number of carbonyl (C=O) groups excluding carboxylic acids is 2. The van der Waals surface area contributed by atoms with Crippen molar-refractivity contribution in [3.63, 3.8) is 0 Å². The van der Waals surface area contributed by atoms with Crippen molar-refractivity contribution in [2.45, 2.75) is 6.92 Å². The molecule has 0 atom stereocenters. The van der Waals surface area contributed by atoms with E-state index in [1.165, 1.54) is 18.2 Å². The van der Waals surface area contributed by atoms with E-state index in [9.17, 15) is 14.0 Å². The minimum Gasteiger partial charge on any atom is -0.323 e. The van der Waals surface area contributed by atoms with E-state index in [0.29, 0.717) is 5.71 Å². The number of anilines is 1. The molecule has 0 saturated heterocycles. The molecule has 108 valence electrons. The van der Waals surface area contributed by atoms with Crippen molar-refractivity contribution >= 4 is 40.1 Å². The van der Waals surface area contributed by atoms with Crippen molar-refractivity contribution in [1.29, 1.82) is 0 Å². The Balaban J connectivity index is 1.94. The van der Waals surface area contributed by atoms with Gasteiger partial charge in [-0.1, -0.05) is 30.5 Å². The van der Waals surface area contributed by atoms with Crippen LogP contribution in [0, 0.1) is 5.82 Å². The van der Waals surface area contributed by atoms with Crippen LogP contribution in [0.3, 0.4) is 0 Å². The summed E-state index contributed by atoms with van der Waals surface area (Å²) >= 11 is 1.01. The highest BCUT2D eigenvalue weighted by molar-refractivity contribution is 8.14. The summed E-state index contributed by atoms with van der Waals surface area (Å²) in [6.07, 6.45) is 0. The van der Waals surface area contributed by atoms with Gasteiger partial charge in [0.2, 0.25) is 5.91 Å². The number of amidine groups is 1. The molecule has 1 heterocycles. The molecule has 1 N–H and O–H groups in total. The normalized spacial score (nSPS) is 14.6. The molecular formula is C14H12FN3O2S. The van der Waals surface area contributed by atoms with Crippen LogP contribution < -0.4 is 5.32 Å². The van der Waals surface area contributed by atoms with Gasteiger partial charge in [0.25, 0.3) is 5.91 Å². The summed E-state index contributed by atoms with van der Waals surface area (Å²) in [5.41, 5.74) is 0.833. The van der Waals surface area contributed by atoms with E-state index in [2.05, 4.69) is 21.9 Å². The maximum atomic E-state index is 13.4. The average molecular weight is 305 g/mol.